The van der Waals surface area contributed by atoms with E-state index < -0.39 is 69.7 Å². The Hall–Kier alpha value is -1.48. The van der Waals surface area contributed by atoms with Crippen LogP contribution in [0.5, 0.6) is 0 Å². The first-order valence-corrected chi connectivity index (χ1v) is 6.87. The topological polar surface area (TPSA) is 6.48 Å². The number of hydrogen-bond donors (Lipinski definition) is 0. The second-order valence-electron chi connectivity index (χ2n) is 6.23. The Labute approximate surface area is 159 Å². The summed E-state index contributed by atoms with van der Waals surface area (Å²) in [5, 5.41) is -9.12. The smallest absolute Gasteiger partial charge is 0.192 e. The number of rotatable bonds is 1. The lowest BCUT2D eigenvalue weighted by atomic mass is 9.91. The van der Waals surface area contributed by atoms with Gasteiger partial charge in [0.15, 0.2) is 0 Å². The van der Waals surface area contributed by atoms with Gasteiger partial charge in [-0.1, -0.05) is 10.0 Å². The van der Waals surface area contributed by atoms with Gasteiger partial charge >= 0.3 is 59.7 Å². The molecule has 2 rings (SSSR count). The molecule has 0 bridgehead atoms. The molecule has 22 heteroatoms. The average Bonchev–Trinajstić information content (AvgIpc) is 2.55. The number of hydrazine groups is 1. The highest BCUT2D eigenvalue weighted by Gasteiger charge is 3.02. The van der Waals surface area contributed by atoms with E-state index in [0.717, 1.165) is 0 Å². The Bertz CT molecular complexity index is 670. The fraction of sp³-hybridized carbons (Fsp3) is 1.00. The standard InChI is InChI=1S/C10F20N2/c11-1(12)3(15,16)7(23,24)31(8(25,26)4(1,17)18)32-9(27,28)5(19,20)2(13,14)6(21,22)10(32,29)30. The fourth-order valence-electron chi connectivity index (χ4n) is 2.54. The first-order chi connectivity index (χ1) is 13.5. The van der Waals surface area contributed by atoms with Crippen molar-refractivity contribution in [3.63, 3.8) is 0 Å². The molecule has 2 fully saturated rings. The van der Waals surface area contributed by atoms with Crippen molar-refractivity contribution in [2.45, 2.75) is 59.7 Å². The van der Waals surface area contributed by atoms with Gasteiger partial charge in [0.1, 0.15) is 0 Å². The van der Waals surface area contributed by atoms with Crippen LogP contribution in [0.15, 0.2) is 0 Å². The average molecular weight is 528 g/mol. The Balaban J connectivity index is 3.04. The lowest BCUT2D eigenvalue weighted by molar-refractivity contribution is -0.608. The van der Waals surface area contributed by atoms with Crippen molar-refractivity contribution in [3.8, 4) is 0 Å². The molecule has 0 radical (unpaired) electrons. The van der Waals surface area contributed by atoms with Gasteiger partial charge in [0, 0.05) is 0 Å². The maximum atomic E-state index is 13.6. The summed E-state index contributed by atoms with van der Waals surface area (Å²) in [6.07, 6.45) is 0. The molecule has 2 nitrogen and oxygen atoms in total. The normalized spacial score (nSPS) is 35.2. The Morgan fingerprint density at radius 1 is 0.219 bits per heavy atom. The molecule has 0 aliphatic carbocycles. The van der Waals surface area contributed by atoms with Crippen LogP contribution < -0.4 is 0 Å². The minimum atomic E-state index is -8.23. The SMILES string of the molecule is FC1(F)N(N2C(F)(F)C(F)(F)C(F)(F)C(F)(F)C2(F)F)C(F)(F)C(F)(F)C(F)(F)C1(F)F. The molecular weight excluding hydrogens is 528 g/mol. The quantitative estimate of drug-likeness (QED) is 0.318. The van der Waals surface area contributed by atoms with E-state index in [-0.39, 0.29) is 0 Å². The van der Waals surface area contributed by atoms with Gasteiger partial charge in [-0.3, -0.25) is 0 Å². The third-order valence-corrected chi connectivity index (χ3v) is 4.35. The van der Waals surface area contributed by atoms with Gasteiger partial charge in [0.2, 0.25) is 0 Å². The molecule has 190 valence electrons. The van der Waals surface area contributed by atoms with Crippen LogP contribution in [0.3, 0.4) is 0 Å². The fourth-order valence-corrected chi connectivity index (χ4v) is 2.54. The Kier molecular flexibility index (Phi) is 4.83. The summed E-state index contributed by atoms with van der Waals surface area (Å²) in [6.45, 7) is 0. The molecule has 0 saturated carbocycles. The maximum Gasteiger partial charge on any atom is 0.394 e. The first-order valence-electron chi connectivity index (χ1n) is 6.87. The molecule has 0 aromatic heterocycles. The van der Waals surface area contributed by atoms with Crippen molar-refractivity contribution >= 4 is 0 Å². The first kappa shape index (κ1) is 26.8. The molecule has 0 unspecified atom stereocenters. The summed E-state index contributed by atoms with van der Waals surface area (Å²) in [7, 11) is 0. The molecule has 0 spiro atoms. The van der Waals surface area contributed by atoms with E-state index in [2.05, 4.69) is 0 Å². The lowest BCUT2D eigenvalue weighted by Gasteiger charge is -2.59. The molecule has 32 heavy (non-hydrogen) atoms. The summed E-state index contributed by atoms with van der Waals surface area (Å²) < 4.78 is 267. The van der Waals surface area contributed by atoms with Crippen LogP contribution >= 0.6 is 0 Å². The predicted octanol–water partition coefficient (Wildman–Crippen LogP) is 5.72. The van der Waals surface area contributed by atoms with E-state index >= 15 is 0 Å². The molecule has 2 aliphatic rings. The Morgan fingerprint density at radius 2 is 0.344 bits per heavy atom. The van der Waals surface area contributed by atoms with Gasteiger partial charge in [-0.25, -0.2) is 0 Å². The van der Waals surface area contributed by atoms with E-state index in [1.54, 1.807) is 0 Å². The summed E-state index contributed by atoms with van der Waals surface area (Å²) in [5.74, 6) is -48.7. The molecule has 0 atom stereocenters. The van der Waals surface area contributed by atoms with Crippen molar-refractivity contribution in [3.05, 3.63) is 0 Å². The summed E-state index contributed by atoms with van der Waals surface area (Å²) in [4.78, 5) is 0. The second-order valence-corrected chi connectivity index (χ2v) is 6.23. The van der Waals surface area contributed by atoms with Gasteiger partial charge in [0.25, 0.3) is 0 Å². The van der Waals surface area contributed by atoms with Crippen molar-refractivity contribution in [2.24, 2.45) is 0 Å². The van der Waals surface area contributed by atoms with Crippen molar-refractivity contribution in [2.75, 3.05) is 0 Å². The maximum absolute atomic E-state index is 13.6. The van der Waals surface area contributed by atoms with Crippen LogP contribution in [0.2, 0.25) is 0 Å². The van der Waals surface area contributed by atoms with Gasteiger partial charge < -0.3 is 0 Å². The summed E-state index contributed by atoms with van der Waals surface area (Å²) in [5.41, 5.74) is 0. The largest absolute Gasteiger partial charge is 0.394 e. The van der Waals surface area contributed by atoms with Crippen LogP contribution in [-0.2, 0) is 0 Å². The van der Waals surface area contributed by atoms with Gasteiger partial charge in [-0.05, 0) is 0 Å². The molecule has 2 aliphatic heterocycles. The molecule has 0 amide bonds. The molecule has 2 heterocycles. The van der Waals surface area contributed by atoms with Crippen LogP contribution in [0.4, 0.5) is 87.8 Å². The third kappa shape index (κ3) is 2.23. The molecule has 0 aromatic rings. The van der Waals surface area contributed by atoms with Crippen molar-refractivity contribution in [1.82, 2.24) is 10.0 Å². The molecule has 2 saturated heterocycles. The monoisotopic (exact) mass is 528 g/mol. The van der Waals surface area contributed by atoms with E-state index in [1.807, 2.05) is 0 Å². The van der Waals surface area contributed by atoms with Crippen LogP contribution in [0, 0.1) is 0 Å². The number of halogens is 20. The van der Waals surface area contributed by atoms with Crippen molar-refractivity contribution in [1.29, 1.82) is 0 Å². The van der Waals surface area contributed by atoms with Crippen LogP contribution in [-0.4, -0.2) is 69.7 Å². The van der Waals surface area contributed by atoms with E-state index in [1.165, 1.54) is 0 Å². The number of piperidine rings is 2. The van der Waals surface area contributed by atoms with Crippen LogP contribution in [0.1, 0.15) is 0 Å². The highest BCUT2D eigenvalue weighted by atomic mass is 19.4. The lowest BCUT2D eigenvalue weighted by Crippen LogP contribution is -2.91. The minimum Gasteiger partial charge on any atom is -0.192 e. The zero-order valence-electron chi connectivity index (χ0n) is 13.5. The zero-order valence-corrected chi connectivity index (χ0v) is 13.5. The predicted molar refractivity (Wildman–Crippen MR) is 53.1 cm³/mol. The van der Waals surface area contributed by atoms with Crippen molar-refractivity contribution < 1.29 is 87.8 Å². The Morgan fingerprint density at radius 3 is 0.469 bits per heavy atom. The number of nitrogens with zero attached hydrogens (tertiary/aromatic N) is 2. The zero-order chi connectivity index (χ0) is 26.2. The second kappa shape index (κ2) is 5.77. The van der Waals surface area contributed by atoms with E-state index in [4.69, 9.17) is 0 Å². The minimum absolute atomic E-state index is 4.56. The summed E-state index contributed by atoms with van der Waals surface area (Å²) >= 11 is 0. The van der Waals surface area contributed by atoms with Gasteiger partial charge in [0.05, 0.1) is 0 Å². The highest BCUT2D eigenvalue weighted by Crippen LogP contribution is 2.70. The molecule has 0 N–H and O–H groups in total. The number of hydrogen-bond acceptors (Lipinski definition) is 2. The van der Waals surface area contributed by atoms with E-state index in [9.17, 15) is 87.8 Å². The van der Waals surface area contributed by atoms with Crippen LogP contribution in [0.25, 0.3) is 0 Å². The third-order valence-electron chi connectivity index (χ3n) is 4.35. The summed E-state index contributed by atoms with van der Waals surface area (Å²) in [6, 6.07) is -32.9. The van der Waals surface area contributed by atoms with Gasteiger partial charge in [-0.2, -0.15) is 87.8 Å². The number of alkyl halides is 20. The van der Waals surface area contributed by atoms with Gasteiger partial charge in [-0.15, -0.1) is 0 Å². The highest BCUT2D eigenvalue weighted by molar-refractivity contribution is 5.19. The molecular formula is C10F20N2. The van der Waals surface area contributed by atoms with E-state index in [0.29, 0.717) is 0 Å². The molecule has 0 aromatic carbocycles.